The number of carbonyl (C=O) groups excluding carboxylic acids is 1. The van der Waals surface area contributed by atoms with Crippen molar-refractivity contribution in [1.29, 1.82) is 0 Å². The molecule has 1 N–H and O–H groups in total. The second-order valence-electron chi connectivity index (χ2n) is 5.70. The summed E-state index contributed by atoms with van der Waals surface area (Å²) in [5.41, 5.74) is 1.80. The third-order valence-electron chi connectivity index (χ3n) is 3.85. The van der Waals surface area contributed by atoms with E-state index in [0.717, 1.165) is 17.8 Å². The SMILES string of the molecule is CCn1cc([C@@H](C)NC(=O)CCS(=O)(=O)c2ccccc2)c(C)n1. The fourth-order valence-electron chi connectivity index (χ4n) is 2.48. The first kappa shape index (κ1) is 18.2. The molecular formula is C17H23N3O3S. The molecule has 1 atom stereocenters. The lowest BCUT2D eigenvalue weighted by molar-refractivity contribution is -0.121. The number of nitrogens with zero attached hydrogens (tertiary/aromatic N) is 2. The Kier molecular flexibility index (Phi) is 5.77. The Balaban J connectivity index is 1.94. The molecule has 2 aromatic rings. The second-order valence-corrected chi connectivity index (χ2v) is 7.81. The molecule has 24 heavy (non-hydrogen) atoms. The molecule has 1 amide bonds. The van der Waals surface area contributed by atoms with Crippen LogP contribution >= 0.6 is 0 Å². The number of hydrogen-bond acceptors (Lipinski definition) is 4. The van der Waals surface area contributed by atoms with Gasteiger partial charge in [-0.3, -0.25) is 9.48 Å². The van der Waals surface area contributed by atoms with E-state index < -0.39 is 9.84 Å². The number of amides is 1. The van der Waals surface area contributed by atoms with Crippen LogP contribution in [0.5, 0.6) is 0 Å². The van der Waals surface area contributed by atoms with E-state index in [2.05, 4.69) is 10.4 Å². The van der Waals surface area contributed by atoms with Crippen molar-refractivity contribution in [3.8, 4) is 0 Å². The van der Waals surface area contributed by atoms with E-state index in [1.54, 1.807) is 30.3 Å². The molecule has 0 spiro atoms. The lowest BCUT2D eigenvalue weighted by Gasteiger charge is -2.13. The van der Waals surface area contributed by atoms with E-state index in [1.807, 2.05) is 31.6 Å². The van der Waals surface area contributed by atoms with Crippen LogP contribution < -0.4 is 5.32 Å². The standard InChI is InChI=1S/C17H23N3O3S/c1-4-20-12-16(14(3)19-20)13(2)18-17(21)10-11-24(22,23)15-8-6-5-7-9-15/h5-9,12-13H,4,10-11H2,1-3H3,(H,18,21)/t13-/m1/s1. The Morgan fingerprint density at radius 1 is 1.29 bits per heavy atom. The van der Waals surface area contributed by atoms with Gasteiger partial charge in [0, 0.05) is 24.7 Å². The number of aromatic nitrogens is 2. The van der Waals surface area contributed by atoms with Crippen LogP contribution in [0.25, 0.3) is 0 Å². The molecule has 7 heteroatoms. The van der Waals surface area contributed by atoms with Crippen LogP contribution in [0.1, 0.15) is 37.6 Å². The quantitative estimate of drug-likeness (QED) is 0.831. The molecular weight excluding hydrogens is 326 g/mol. The predicted octanol–water partition coefficient (Wildman–Crippen LogP) is 2.25. The summed E-state index contributed by atoms with van der Waals surface area (Å²) >= 11 is 0. The van der Waals surface area contributed by atoms with Gasteiger partial charge >= 0.3 is 0 Å². The fraction of sp³-hybridized carbons (Fsp3) is 0.412. The third kappa shape index (κ3) is 4.44. The van der Waals surface area contributed by atoms with Crippen molar-refractivity contribution in [2.24, 2.45) is 0 Å². The maximum Gasteiger partial charge on any atom is 0.221 e. The minimum Gasteiger partial charge on any atom is -0.349 e. The predicted molar refractivity (Wildman–Crippen MR) is 92.3 cm³/mol. The average molecular weight is 349 g/mol. The van der Waals surface area contributed by atoms with Gasteiger partial charge in [0.25, 0.3) is 0 Å². The molecule has 1 heterocycles. The largest absolute Gasteiger partial charge is 0.349 e. The van der Waals surface area contributed by atoms with Crippen LogP contribution in [0.3, 0.4) is 0 Å². The summed E-state index contributed by atoms with van der Waals surface area (Å²) < 4.78 is 26.2. The van der Waals surface area contributed by atoms with Gasteiger partial charge in [-0.05, 0) is 32.9 Å². The molecule has 0 saturated heterocycles. The molecule has 0 aliphatic rings. The normalized spacial score (nSPS) is 12.8. The van der Waals surface area contributed by atoms with Crippen LogP contribution in [-0.4, -0.2) is 29.9 Å². The highest BCUT2D eigenvalue weighted by molar-refractivity contribution is 7.91. The summed E-state index contributed by atoms with van der Waals surface area (Å²) in [4.78, 5) is 12.3. The zero-order valence-corrected chi connectivity index (χ0v) is 15.0. The number of aryl methyl sites for hydroxylation is 2. The fourth-order valence-corrected chi connectivity index (χ4v) is 3.75. The van der Waals surface area contributed by atoms with Crippen LogP contribution in [0.2, 0.25) is 0 Å². The Morgan fingerprint density at radius 2 is 1.96 bits per heavy atom. The first-order chi connectivity index (χ1) is 11.3. The summed E-state index contributed by atoms with van der Waals surface area (Å²) in [7, 11) is -3.44. The molecule has 0 aliphatic heterocycles. The van der Waals surface area contributed by atoms with Gasteiger partial charge in [-0.25, -0.2) is 8.42 Å². The van der Waals surface area contributed by atoms with Crippen molar-refractivity contribution >= 4 is 15.7 Å². The maximum atomic E-state index is 12.2. The van der Waals surface area contributed by atoms with Crippen LogP contribution in [0.4, 0.5) is 0 Å². The van der Waals surface area contributed by atoms with E-state index in [4.69, 9.17) is 0 Å². The first-order valence-corrected chi connectivity index (χ1v) is 9.60. The summed E-state index contributed by atoms with van der Waals surface area (Å²) in [5.74, 6) is -0.492. The first-order valence-electron chi connectivity index (χ1n) is 7.94. The molecule has 0 radical (unpaired) electrons. The summed E-state index contributed by atoms with van der Waals surface area (Å²) in [6.07, 6.45) is 1.84. The van der Waals surface area contributed by atoms with E-state index in [9.17, 15) is 13.2 Å². The van der Waals surface area contributed by atoms with Gasteiger partial charge in [-0.15, -0.1) is 0 Å². The molecule has 130 valence electrons. The highest BCUT2D eigenvalue weighted by Gasteiger charge is 2.18. The van der Waals surface area contributed by atoms with Gasteiger partial charge in [0.15, 0.2) is 9.84 Å². The molecule has 0 unspecified atom stereocenters. The third-order valence-corrected chi connectivity index (χ3v) is 5.58. The zero-order chi connectivity index (χ0) is 17.7. The highest BCUT2D eigenvalue weighted by atomic mass is 32.2. The number of rotatable bonds is 7. The van der Waals surface area contributed by atoms with E-state index in [-0.39, 0.29) is 29.0 Å². The Labute approximate surface area is 142 Å². The summed E-state index contributed by atoms with van der Waals surface area (Å²) in [5, 5.41) is 7.19. The molecule has 1 aromatic carbocycles. The van der Waals surface area contributed by atoms with E-state index in [1.165, 1.54) is 0 Å². The Hall–Kier alpha value is -2.15. The number of sulfone groups is 1. The molecule has 0 fully saturated rings. The van der Waals surface area contributed by atoms with Crippen LogP contribution in [-0.2, 0) is 21.2 Å². The molecule has 2 rings (SSSR count). The topological polar surface area (TPSA) is 81.1 Å². The van der Waals surface area contributed by atoms with E-state index >= 15 is 0 Å². The lowest BCUT2D eigenvalue weighted by atomic mass is 10.1. The van der Waals surface area contributed by atoms with Crippen molar-refractivity contribution in [1.82, 2.24) is 15.1 Å². The van der Waals surface area contributed by atoms with Gasteiger partial charge < -0.3 is 5.32 Å². The highest BCUT2D eigenvalue weighted by Crippen LogP contribution is 2.16. The number of carbonyl (C=O) groups is 1. The number of benzene rings is 1. The molecule has 0 aliphatic carbocycles. The van der Waals surface area contributed by atoms with E-state index in [0.29, 0.717) is 0 Å². The van der Waals surface area contributed by atoms with Gasteiger partial charge in [0.05, 0.1) is 22.4 Å². The van der Waals surface area contributed by atoms with Crippen molar-refractivity contribution in [3.05, 3.63) is 47.8 Å². The lowest BCUT2D eigenvalue weighted by Crippen LogP contribution is -2.28. The van der Waals surface area contributed by atoms with Crippen molar-refractivity contribution in [2.45, 2.75) is 44.7 Å². The molecule has 0 bridgehead atoms. The minimum absolute atomic E-state index is 0.0669. The molecule has 6 nitrogen and oxygen atoms in total. The van der Waals surface area contributed by atoms with Crippen LogP contribution in [0, 0.1) is 6.92 Å². The van der Waals surface area contributed by atoms with Crippen molar-refractivity contribution in [2.75, 3.05) is 5.75 Å². The van der Waals surface area contributed by atoms with Gasteiger partial charge in [-0.1, -0.05) is 18.2 Å². The van der Waals surface area contributed by atoms with Gasteiger partial charge in [0.1, 0.15) is 0 Å². The number of hydrogen-bond donors (Lipinski definition) is 1. The van der Waals surface area contributed by atoms with Crippen LogP contribution in [0.15, 0.2) is 41.4 Å². The zero-order valence-electron chi connectivity index (χ0n) is 14.2. The average Bonchev–Trinajstić information content (AvgIpc) is 2.95. The van der Waals surface area contributed by atoms with Crippen molar-refractivity contribution in [3.63, 3.8) is 0 Å². The Morgan fingerprint density at radius 3 is 2.54 bits per heavy atom. The minimum atomic E-state index is -3.44. The van der Waals surface area contributed by atoms with Crippen molar-refractivity contribution < 1.29 is 13.2 Å². The van der Waals surface area contributed by atoms with Gasteiger partial charge in [-0.2, -0.15) is 5.10 Å². The molecule has 1 aromatic heterocycles. The maximum absolute atomic E-state index is 12.2. The number of nitrogens with one attached hydrogen (secondary N) is 1. The second kappa shape index (κ2) is 7.61. The molecule has 0 saturated carbocycles. The summed E-state index contributed by atoms with van der Waals surface area (Å²) in [6.45, 7) is 6.52. The van der Waals surface area contributed by atoms with Gasteiger partial charge in [0.2, 0.25) is 5.91 Å². The summed E-state index contributed by atoms with van der Waals surface area (Å²) in [6, 6.07) is 7.97. The monoisotopic (exact) mass is 349 g/mol. The Bertz CT molecular complexity index is 798. The smallest absolute Gasteiger partial charge is 0.221 e.